The molecule has 1 amide bonds. The van der Waals surface area contributed by atoms with Crippen LogP contribution in [-0.4, -0.2) is 32.3 Å². The maximum absolute atomic E-state index is 13.3. The Morgan fingerprint density at radius 3 is 2.48 bits per heavy atom. The monoisotopic (exact) mass is 637 g/mol. The van der Waals surface area contributed by atoms with Gasteiger partial charge in [-0.1, -0.05) is 30.3 Å². The Morgan fingerprint density at radius 2 is 1.80 bits per heavy atom. The predicted molar refractivity (Wildman–Crippen MR) is 163 cm³/mol. The molecule has 0 aliphatic rings. The summed E-state index contributed by atoms with van der Waals surface area (Å²) in [5.74, 6) is -0.844. The number of hydrogen-bond acceptors (Lipinski definition) is 5. The number of carbonyl (C=O) groups excluding carboxylic acids is 2. The lowest BCUT2D eigenvalue weighted by atomic mass is 10.2. The molecule has 2 heterocycles. The molecule has 0 saturated heterocycles. The van der Waals surface area contributed by atoms with Gasteiger partial charge in [-0.3, -0.25) is 9.35 Å². The molecule has 0 spiro atoms. The molecule has 204 valence electrons. The van der Waals surface area contributed by atoms with Gasteiger partial charge in [-0.15, -0.1) is 11.3 Å². The molecule has 5 rings (SSSR count). The maximum atomic E-state index is 13.3. The minimum Gasteiger partial charge on any atom is -0.465 e. The van der Waals surface area contributed by atoms with E-state index in [1.165, 1.54) is 40.4 Å². The summed E-state index contributed by atoms with van der Waals surface area (Å²) in [7, 11) is 1.28. The number of thiophene rings is 1. The van der Waals surface area contributed by atoms with Crippen molar-refractivity contribution in [2.45, 2.75) is 13.5 Å². The van der Waals surface area contributed by atoms with E-state index < -0.39 is 17.2 Å². The Hall–Kier alpha value is -3.77. The third-order valence-corrected chi connectivity index (χ3v) is 9.02. The minimum absolute atomic E-state index is 0.309. The normalized spacial score (nSPS) is 11.8. The van der Waals surface area contributed by atoms with Crippen LogP contribution in [0, 0.1) is 6.92 Å². The first-order chi connectivity index (χ1) is 19.3. The quantitative estimate of drug-likeness (QED) is 0.139. The van der Waals surface area contributed by atoms with Crippen molar-refractivity contribution in [3.05, 3.63) is 110 Å². The van der Waals surface area contributed by atoms with E-state index in [0.29, 0.717) is 36.9 Å². The number of esters is 1. The van der Waals surface area contributed by atoms with Crippen LogP contribution in [0.3, 0.4) is 0 Å². The van der Waals surface area contributed by atoms with Crippen molar-refractivity contribution >= 4 is 78.4 Å². The predicted octanol–water partition coefficient (Wildman–Crippen LogP) is 7.14. The largest absolute Gasteiger partial charge is 0.465 e. The molecule has 0 fully saturated rings. The van der Waals surface area contributed by atoms with Crippen molar-refractivity contribution in [2.75, 3.05) is 16.7 Å². The van der Waals surface area contributed by atoms with Crippen LogP contribution in [0.25, 0.3) is 10.9 Å². The molecule has 0 saturated carbocycles. The van der Waals surface area contributed by atoms with E-state index in [0.717, 1.165) is 17.4 Å². The molecule has 2 N–H and O–H groups in total. The van der Waals surface area contributed by atoms with Crippen LogP contribution in [0.5, 0.6) is 0 Å². The van der Waals surface area contributed by atoms with Gasteiger partial charge in [0.1, 0.15) is 0 Å². The van der Waals surface area contributed by atoms with E-state index in [4.69, 9.17) is 4.74 Å². The highest BCUT2D eigenvalue weighted by atomic mass is 79.9. The van der Waals surface area contributed by atoms with Gasteiger partial charge in [0.15, 0.2) is 0 Å². The summed E-state index contributed by atoms with van der Waals surface area (Å²) in [4.78, 5) is 25.5. The number of hydrogen-bond donors (Lipinski definition) is 2. The van der Waals surface area contributed by atoms with Crippen molar-refractivity contribution < 1.29 is 23.1 Å². The Bertz CT molecular complexity index is 1730. The lowest BCUT2D eigenvalue weighted by Gasteiger charge is -2.21. The van der Waals surface area contributed by atoms with Crippen molar-refractivity contribution in [1.82, 2.24) is 4.57 Å². The second kappa shape index (κ2) is 11.8. The first-order valence-corrected chi connectivity index (χ1v) is 14.8. The van der Waals surface area contributed by atoms with Gasteiger partial charge in [0.2, 0.25) is 0 Å². The van der Waals surface area contributed by atoms with E-state index in [9.17, 15) is 18.4 Å². The van der Waals surface area contributed by atoms with Crippen LogP contribution in [0.4, 0.5) is 17.1 Å². The minimum atomic E-state index is -2.45. The second-order valence-corrected chi connectivity index (χ2v) is 12.1. The van der Waals surface area contributed by atoms with Crippen molar-refractivity contribution in [1.29, 1.82) is 0 Å². The average molecular weight is 639 g/mol. The van der Waals surface area contributed by atoms with Crippen molar-refractivity contribution in [2.24, 2.45) is 0 Å². The highest BCUT2D eigenvalue weighted by Gasteiger charge is 2.27. The standard InChI is InChI=1S/C29H24BrN3O5S2/c1-18-25(33(40(36)37)23-11-8-20(9-12-23)29(35)38-2)27(30)39-26(18)28(34)31-22-10-13-24-21(16-22)14-15-32(24)17-19-6-4-3-5-7-19/h3-16H,17H2,1-2H3,(H,31,34)(H,36,37). The fourth-order valence-corrected chi connectivity index (χ4v) is 7.19. The zero-order valence-electron chi connectivity index (χ0n) is 21.5. The number of carbonyl (C=O) groups is 2. The molecule has 1 atom stereocenters. The van der Waals surface area contributed by atoms with Crippen LogP contribution in [0.1, 0.15) is 31.2 Å². The van der Waals surface area contributed by atoms with Crippen LogP contribution in [0.15, 0.2) is 88.8 Å². The fraction of sp³-hybridized carbons (Fsp3) is 0.103. The van der Waals surface area contributed by atoms with Crippen molar-refractivity contribution in [3.63, 3.8) is 0 Å². The summed E-state index contributed by atoms with van der Waals surface area (Å²) < 4.78 is 31.2. The van der Waals surface area contributed by atoms with Gasteiger partial charge < -0.3 is 14.6 Å². The van der Waals surface area contributed by atoms with Gasteiger partial charge in [0.05, 0.1) is 32.7 Å². The number of nitrogens with one attached hydrogen (secondary N) is 1. The molecule has 0 radical (unpaired) electrons. The van der Waals surface area contributed by atoms with Crippen molar-refractivity contribution in [3.8, 4) is 0 Å². The van der Waals surface area contributed by atoms with Gasteiger partial charge >= 0.3 is 5.97 Å². The van der Waals surface area contributed by atoms with Crippen LogP contribution < -0.4 is 9.62 Å². The number of aromatic nitrogens is 1. The number of halogens is 1. The summed E-state index contributed by atoms with van der Waals surface area (Å²) in [6, 6.07) is 24.1. The van der Waals surface area contributed by atoms with Gasteiger partial charge in [-0.2, -0.15) is 0 Å². The SMILES string of the molecule is COC(=O)c1ccc(N(c2c(Br)sc(C(=O)Nc3ccc4c(ccn4Cc4ccccc4)c3)c2C)S(=O)O)cc1. The van der Waals surface area contributed by atoms with Crippen LogP contribution in [0.2, 0.25) is 0 Å². The molecule has 0 aliphatic carbocycles. The molecule has 1 unspecified atom stereocenters. The van der Waals surface area contributed by atoms with Gasteiger partial charge in [0, 0.05) is 29.3 Å². The van der Waals surface area contributed by atoms with E-state index in [-0.39, 0.29) is 5.91 Å². The molecular formula is C29H24BrN3O5S2. The van der Waals surface area contributed by atoms with E-state index >= 15 is 0 Å². The average Bonchev–Trinajstić information content (AvgIpc) is 3.48. The van der Waals surface area contributed by atoms with Gasteiger partial charge in [-0.25, -0.2) is 13.3 Å². The van der Waals surface area contributed by atoms with Crippen LogP contribution in [-0.2, 0) is 22.5 Å². The smallest absolute Gasteiger partial charge is 0.337 e. The summed E-state index contributed by atoms with van der Waals surface area (Å²) in [5.41, 5.74) is 4.49. The van der Waals surface area contributed by atoms with E-state index in [1.54, 1.807) is 19.1 Å². The Kier molecular flexibility index (Phi) is 8.17. The topological polar surface area (TPSA) is 101 Å². The molecule has 11 heteroatoms. The zero-order chi connectivity index (χ0) is 28.4. The number of anilines is 3. The highest BCUT2D eigenvalue weighted by molar-refractivity contribution is 9.11. The molecule has 40 heavy (non-hydrogen) atoms. The van der Waals surface area contributed by atoms with E-state index in [1.807, 2.05) is 48.7 Å². The lowest BCUT2D eigenvalue weighted by molar-refractivity contribution is 0.0600. The summed E-state index contributed by atoms with van der Waals surface area (Å²) in [6.07, 6.45) is 2.03. The zero-order valence-corrected chi connectivity index (χ0v) is 24.7. The molecule has 8 nitrogen and oxygen atoms in total. The number of fused-ring (bicyclic) bond motifs is 1. The number of ether oxygens (including phenoxy) is 1. The number of methoxy groups -OCH3 is 1. The number of benzene rings is 3. The first kappa shape index (κ1) is 27.8. The Morgan fingerprint density at radius 1 is 1.07 bits per heavy atom. The van der Waals surface area contributed by atoms with Gasteiger partial charge in [0.25, 0.3) is 17.2 Å². The number of rotatable bonds is 8. The molecule has 0 bridgehead atoms. The number of nitrogens with zero attached hydrogens (tertiary/aromatic N) is 2. The Balaban J connectivity index is 1.39. The second-order valence-electron chi connectivity index (χ2n) is 8.90. The fourth-order valence-electron chi connectivity index (χ4n) is 4.45. The lowest BCUT2D eigenvalue weighted by Crippen LogP contribution is -2.20. The van der Waals surface area contributed by atoms with Crippen LogP contribution >= 0.6 is 27.3 Å². The molecule has 3 aromatic carbocycles. The molecule has 0 aliphatic heterocycles. The third kappa shape index (κ3) is 5.59. The summed E-state index contributed by atoms with van der Waals surface area (Å²) in [6.45, 7) is 2.47. The summed E-state index contributed by atoms with van der Waals surface area (Å²) in [5, 5.41) is 3.95. The molecular weight excluding hydrogens is 614 g/mol. The molecule has 2 aromatic heterocycles. The molecule has 5 aromatic rings. The first-order valence-electron chi connectivity index (χ1n) is 12.1. The number of amides is 1. The Labute approximate surface area is 245 Å². The van der Waals surface area contributed by atoms with Gasteiger partial charge in [-0.05, 0) is 82.5 Å². The highest BCUT2D eigenvalue weighted by Crippen LogP contribution is 2.43. The summed E-state index contributed by atoms with van der Waals surface area (Å²) >= 11 is 2.19. The maximum Gasteiger partial charge on any atom is 0.337 e. The third-order valence-electron chi connectivity index (χ3n) is 6.39. The van der Waals surface area contributed by atoms with E-state index in [2.05, 4.69) is 37.9 Å².